The van der Waals surface area contributed by atoms with Crippen LogP contribution in [0.1, 0.15) is 28.4 Å². The van der Waals surface area contributed by atoms with Gasteiger partial charge in [-0.15, -0.1) is 11.8 Å². The van der Waals surface area contributed by atoms with Crippen LogP contribution in [0.15, 0.2) is 76.5 Å². The van der Waals surface area contributed by atoms with Crippen LogP contribution in [0.3, 0.4) is 0 Å². The average Bonchev–Trinajstić information content (AvgIpc) is 2.74. The summed E-state index contributed by atoms with van der Waals surface area (Å²) < 4.78 is 25.5. The molecule has 3 aromatic carbocycles. The molecule has 2 N–H and O–H groups in total. The summed E-state index contributed by atoms with van der Waals surface area (Å²) in [5.74, 6) is -0.527. The monoisotopic (exact) mass is 466 g/mol. The average molecular weight is 467 g/mol. The van der Waals surface area contributed by atoms with Crippen LogP contribution in [0, 0.1) is 6.92 Å². The van der Waals surface area contributed by atoms with Crippen molar-refractivity contribution < 1.29 is 18.0 Å². The number of anilines is 2. The van der Waals surface area contributed by atoms with Gasteiger partial charge in [-0.25, -0.2) is 8.42 Å². The first-order valence-corrected chi connectivity index (χ1v) is 12.6. The van der Waals surface area contributed by atoms with Crippen LogP contribution >= 0.6 is 11.8 Å². The highest BCUT2D eigenvalue weighted by Crippen LogP contribution is 2.36. The van der Waals surface area contributed by atoms with Crippen molar-refractivity contribution in [2.24, 2.45) is 0 Å². The summed E-state index contributed by atoms with van der Waals surface area (Å²) in [6, 6.07) is 18.7. The molecule has 1 unspecified atom stereocenters. The Morgan fingerprint density at radius 1 is 1.06 bits per heavy atom. The third kappa shape index (κ3) is 4.87. The highest BCUT2D eigenvalue weighted by atomic mass is 32.2. The molecule has 0 fully saturated rings. The van der Waals surface area contributed by atoms with Crippen LogP contribution < -0.4 is 10.6 Å². The number of sulfone groups is 1. The van der Waals surface area contributed by atoms with Gasteiger partial charge in [0.2, 0.25) is 5.91 Å². The van der Waals surface area contributed by atoms with Crippen molar-refractivity contribution in [3.63, 3.8) is 0 Å². The van der Waals surface area contributed by atoms with Gasteiger partial charge in [0.15, 0.2) is 9.84 Å². The molecule has 8 heteroatoms. The zero-order valence-electron chi connectivity index (χ0n) is 17.6. The van der Waals surface area contributed by atoms with Crippen LogP contribution in [0.25, 0.3) is 0 Å². The lowest BCUT2D eigenvalue weighted by atomic mass is 10.1. The van der Waals surface area contributed by atoms with Crippen molar-refractivity contribution in [1.82, 2.24) is 0 Å². The molecule has 32 heavy (non-hydrogen) atoms. The maximum Gasteiger partial charge on any atom is 0.255 e. The van der Waals surface area contributed by atoms with Gasteiger partial charge in [0.05, 0.1) is 21.6 Å². The minimum Gasteiger partial charge on any atom is -0.324 e. The van der Waals surface area contributed by atoms with E-state index in [4.69, 9.17) is 0 Å². The van der Waals surface area contributed by atoms with Gasteiger partial charge < -0.3 is 10.6 Å². The Labute approximate surface area is 191 Å². The Hall–Kier alpha value is -3.10. The molecular weight excluding hydrogens is 444 g/mol. The fourth-order valence-corrected chi connectivity index (χ4v) is 5.67. The second kappa shape index (κ2) is 8.80. The summed E-state index contributed by atoms with van der Waals surface area (Å²) in [4.78, 5) is 25.7. The number of hydrogen-bond donors (Lipinski definition) is 2. The van der Waals surface area contributed by atoms with Crippen LogP contribution in [-0.4, -0.2) is 25.5 Å². The highest BCUT2D eigenvalue weighted by Gasteiger charge is 2.24. The molecule has 1 aliphatic rings. The lowest BCUT2D eigenvalue weighted by molar-refractivity contribution is -0.115. The summed E-state index contributed by atoms with van der Waals surface area (Å²) >= 11 is 1.45. The van der Waals surface area contributed by atoms with Gasteiger partial charge in [-0.1, -0.05) is 29.8 Å². The molecule has 164 valence electrons. The van der Waals surface area contributed by atoms with E-state index in [-0.39, 0.29) is 27.7 Å². The Morgan fingerprint density at radius 3 is 2.53 bits per heavy atom. The largest absolute Gasteiger partial charge is 0.324 e. The first-order chi connectivity index (χ1) is 15.2. The highest BCUT2D eigenvalue weighted by molar-refractivity contribution is 8.01. The Morgan fingerprint density at radius 2 is 1.81 bits per heavy atom. The summed E-state index contributed by atoms with van der Waals surface area (Å²) in [5.41, 5.74) is 3.23. The summed E-state index contributed by atoms with van der Waals surface area (Å²) in [6.45, 7) is 3.75. The predicted octanol–water partition coefficient (Wildman–Crippen LogP) is 4.65. The number of aryl methyl sites for hydroxylation is 1. The molecule has 0 saturated heterocycles. The van der Waals surface area contributed by atoms with Crippen molar-refractivity contribution >= 4 is 44.8 Å². The Balaban J connectivity index is 1.46. The first-order valence-electron chi connectivity index (χ1n) is 10.0. The lowest BCUT2D eigenvalue weighted by Crippen LogP contribution is -2.26. The molecule has 0 spiro atoms. The molecule has 1 heterocycles. The molecule has 3 aromatic rings. The van der Waals surface area contributed by atoms with Gasteiger partial charge in [0.25, 0.3) is 5.91 Å². The van der Waals surface area contributed by atoms with Gasteiger partial charge in [-0.05, 0) is 61.9 Å². The Bertz CT molecular complexity index is 1300. The third-order valence-electron chi connectivity index (χ3n) is 5.08. The van der Waals surface area contributed by atoms with Crippen LogP contribution in [0.5, 0.6) is 0 Å². The Kier molecular flexibility index (Phi) is 6.08. The number of thioether (sulfide) groups is 1. The minimum atomic E-state index is -3.50. The molecule has 4 rings (SSSR count). The van der Waals surface area contributed by atoms with E-state index in [0.29, 0.717) is 16.9 Å². The fourth-order valence-electron chi connectivity index (χ4n) is 3.40. The molecule has 1 aliphatic heterocycles. The second-order valence-corrected chi connectivity index (χ2v) is 11.1. The van der Waals surface area contributed by atoms with E-state index < -0.39 is 9.84 Å². The van der Waals surface area contributed by atoms with Crippen molar-refractivity contribution in [3.8, 4) is 0 Å². The maximum atomic E-state index is 12.7. The summed E-state index contributed by atoms with van der Waals surface area (Å²) in [5, 5.41) is 5.40. The fraction of sp³-hybridized carbons (Fsp3) is 0.167. The van der Waals surface area contributed by atoms with Crippen LogP contribution in [0.2, 0.25) is 0 Å². The maximum absolute atomic E-state index is 12.7. The third-order valence-corrected chi connectivity index (χ3v) is 7.96. The van der Waals surface area contributed by atoms with Gasteiger partial charge in [-0.2, -0.15) is 0 Å². The molecule has 0 radical (unpaired) electrons. The molecule has 0 saturated carbocycles. The zero-order valence-corrected chi connectivity index (χ0v) is 19.2. The van der Waals surface area contributed by atoms with E-state index in [1.54, 1.807) is 30.3 Å². The van der Waals surface area contributed by atoms with Crippen molar-refractivity contribution in [1.29, 1.82) is 0 Å². The molecule has 0 aromatic heterocycles. The number of hydrogen-bond acceptors (Lipinski definition) is 5. The van der Waals surface area contributed by atoms with E-state index in [1.807, 2.05) is 38.1 Å². The molecule has 0 bridgehead atoms. The molecule has 1 atom stereocenters. The van der Waals surface area contributed by atoms with Gasteiger partial charge in [-0.3, -0.25) is 9.59 Å². The molecular formula is C24H22N2O4S2. The quantitative estimate of drug-likeness (QED) is 0.571. The summed E-state index contributed by atoms with van der Waals surface area (Å²) in [7, 11) is -3.50. The number of carbonyl (C=O) groups excluding carboxylic acids is 2. The topological polar surface area (TPSA) is 92.3 Å². The lowest BCUT2D eigenvalue weighted by Gasteiger charge is -2.21. The van der Waals surface area contributed by atoms with E-state index in [9.17, 15) is 18.0 Å². The standard InChI is InChI=1S/C24H22N2O4S2/c1-15-4-3-5-17(12-15)14-32(29,30)20-9-7-19(8-10-20)25-24(28)18-6-11-22-21(13-18)26-23(27)16(2)31-22/h3-13,16H,14H2,1-2H3,(H,25,28)(H,26,27). The first kappa shape index (κ1) is 22.1. The number of carbonyl (C=O) groups is 2. The smallest absolute Gasteiger partial charge is 0.255 e. The van der Waals surface area contributed by atoms with Crippen molar-refractivity contribution in [2.45, 2.75) is 34.6 Å². The van der Waals surface area contributed by atoms with Crippen LogP contribution in [-0.2, 0) is 20.4 Å². The predicted molar refractivity (Wildman–Crippen MR) is 127 cm³/mol. The minimum absolute atomic E-state index is 0.0855. The van der Waals surface area contributed by atoms with Crippen LogP contribution in [0.4, 0.5) is 11.4 Å². The SMILES string of the molecule is Cc1cccc(CS(=O)(=O)c2ccc(NC(=O)c3ccc4c(c3)NC(=O)C(C)S4)cc2)c1. The zero-order chi connectivity index (χ0) is 22.9. The van der Waals surface area contributed by atoms with Gasteiger partial charge in [0, 0.05) is 16.1 Å². The van der Waals surface area contributed by atoms with Gasteiger partial charge >= 0.3 is 0 Å². The van der Waals surface area contributed by atoms with E-state index >= 15 is 0 Å². The van der Waals surface area contributed by atoms with E-state index in [2.05, 4.69) is 10.6 Å². The second-order valence-electron chi connectivity index (χ2n) is 7.69. The number of amides is 2. The molecule has 0 aliphatic carbocycles. The number of fused-ring (bicyclic) bond motifs is 1. The number of nitrogens with one attached hydrogen (secondary N) is 2. The van der Waals surface area contributed by atoms with Gasteiger partial charge in [0.1, 0.15) is 0 Å². The molecule has 2 amide bonds. The number of rotatable bonds is 5. The van der Waals surface area contributed by atoms with Crippen molar-refractivity contribution in [3.05, 3.63) is 83.4 Å². The normalized spacial score (nSPS) is 15.6. The molecule has 6 nitrogen and oxygen atoms in total. The van der Waals surface area contributed by atoms with E-state index in [1.165, 1.54) is 23.9 Å². The number of benzene rings is 3. The van der Waals surface area contributed by atoms with Crippen molar-refractivity contribution in [2.75, 3.05) is 10.6 Å². The van der Waals surface area contributed by atoms with E-state index in [0.717, 1.165) is 16.0 Å². The summed E-state index contributed by atoms with van der Waals surface area (Å²) in [6.07, 6.45) is 0.